The largest absolute Gasteiger partial charge is 0.322 e. The summed E-state index contributed by atoms with van der Waals surface area (Å²) in [6.07, 6.45) is 3.29. The molecule has 1 rings (SSSR count). The van der Waals surface area contributed by atoms with Gasteiger partial charge in [0.2, 0.25) is 5.91 Å². The van der Waals surface area contributed by atoms with Gasteiger partial charge in [0.05, 0.1) is 11.7 Å². The molecular formula is C16H32N2O. The number of nitrogens with one attached hydrogen (secondary N) is 1. The summed E-state index contributed by atoms with van der Waals surface area (Å²) in [4.78, 5) is 14.9. The van der Waals surface area contributed by atoms with Gasteiger partial charge in [-0.25, -0.2) is 0 Å². The predicted octanol–water partition coefficient (Wildman–Crippen LogP) is 3.39. The van der Waals surface area contributed by atoms with Crippen molar-refractivity contribution >= 4 is 5.91 Å². The molecule has 0 aromatic carbocycles. The molecule has 1 N–H and O–H groups in total. The highest BCUT2D eigenvalue weighted by atomic mass is 16.2. The molecule has 112 valence electrons. The molecule has 0 radical (unpaired) electrons. The van der Waals surface area contributed by atoms with E-state index in [9.17, 15) is 4.79 Å². The Morgan fingerprint density at radius 1 is 1.21 bits per heavy atom. The fourth-order valence-corrected chi connectivity index (χ4v) is 3.25. The van der Waals surface area contributed by atoms with Gasteiger partial charge in [-0.15, -0.1) is 0 Å². The summed E-state index contributed by atoms with van der Waals surface area (Å²) in [7, 11) is 0. The molecule has 1 fully saturated rings. The minimum atomic E-state index is -0.380. The first-order valence-electron chi connectivity index (χ1n) is 7.92. The zero-order valence-electron chi connectivity index (χ0n) is 13.8. The molecule has 0 aromatic rings. The lowest BCUT2D eigenvalue weighted by Crippen LogP contribution is -2.48. The van der Waals surface area contributed by atoms with Crippen LogP contribution >= 0.6 is 0 Å². The molecule has 19 heavy (non-hydrogen) atoms. The summed E-state index contributed by atoms with van der Waals surface area (Å²) in [6, 6.07) is 0.316. The van der Waals surface area contributed by atoms with Gasteiger partial charge in [0, 0.05) is 6.04 Å². The van der Waals surface area contributed by atoms with Crippen molar-refractivity contribution in [1.82, 2.24) is 10.2 Å². The van der Waals surface area contributed by atoms with Crippen LogP contribution in [0.25, 0.3) is 0 Å². The van der Waals surface area contributed by atoms with Crippen LogP contribution in [0, 0.1) is 11.8 Å². The fraction of sp³-hybridized carbons (Fsp3) is 0.938. The second-order valence-corrected chi connectivity index (χ2v) is 6.55. The van der Waals surface area contributed by atoms with Gasteiger partial charge in [0.25, 0.3) is 0 Å². The van der Waals surface area contributed by atoms with Gasteiger partial charge in [0.15, 0.2) is 0 Å². The SMILES string of the molecule is CCC(CC)C(C)N1C(=O)C(C)(CC)NC1C(C)C. The van der Waals surface area contributed by atoms with E-state index in [2.05, 4.69) is 51.8 Å². The van der Waals surface area contributed by atoms with Gasteiger partial charge in [-0.1, -0.05) is 47.5 Å². The highest BCUT2D eigenvalue weighted by Gasteiger charge is 2.49. The Morgan fingerprint density at radius 2 is 1.74 bits per heavy atom. The molecule has 3 nitrogen and oxygen atoms in total. The minimum Gasteiger partial charge on any atom is -0.322 e. The van der Waals surface area contributed by atoms with Crippen LogP contribution in [0.3, 0.4) is 0 Å². The minimum absolute atomic E-state index is 0.174. The maximum Gasteiger partial charge on any atom is 0.244 e. The van der Waals surface area contributed by atoms with E-state index in [-0.39, 0.29) is 17.6 Å². The summed E-state index contributed by atoms with van der Waals surface area (Å²) in [6.45, 7) is 15.2. The Bertz CT molecular complexity index is 312. The molecule has 3 heteroatoms. The van der Waals surface area contributed by atoms with Gasteiger partial charge in [-0.2, -0.15) is 0 Å². The first-order chi connectivity index (χ1) is 8.82. The van der Waals surface area contributed by atoms with Crippen molar-refractivity contribution in [3.05, 3.63) is 0 Å². The summed E-state index contributed by atoms with van der Waals surface area (Å²) in [5.74, 6) is 1.31. The van der Waals surface area contributed by atoms with E-state index in [4.69, 9.17) is 0 Å². The highest BCUT2D eigenvalue weighted by Crippen LogP contribution is 2.32. The lowest BCUT2D eigenvalue weighted by Gasteiger charge is -2.36. The smallest absolute Gasteiger partial charge is 0.244 e. The molecule has 3 unspecified atom stereocenters. The van der Waals surface area contributed by atoms with E-state index in [1.165, 1.54) is 0 Å². The van der Waals surface area contributed by atoms with Crippen molar-refractivity contribution in [3.63, 3.8) is 0 Å². The zero-order valence-corrected chi connectivity index (χ0v) is 13.8. The van der Waals surface area contributed by atoms with Crippen LogP contribution in [0.4, 0.5) is 0 Å². The average Bonchev–Trinajstić information content (AvgIpc) is 2.64. The van der Waals surface area contributed by atoms with Gasteiger partial charge < -0.3 is 4.90 Å². The van der Waals surface area contributed by atoms with Crippen molar-refractivity contribution < 1.29 is 4.79 Å². The van der Waals surface area contributed by atoms with Crippen molar-refractivity contribution in [1.29, 1.82) is 0 Å². The summed E-state index contributed by atoms with van der Waals surface area (Å²) in [5, 5.41) is 3.58. The Labute approximate surface area is 119 Å². The number of carbonyl (C=O) groups excluding carboxylic acids is 1. The monoisotopic (exact) mass is 268 g/mol. The van der Waals surface area contributed by atoms with Crippen molar-refractivity contribution in [3.8, 4) is 0 Å². The molecule has 1 amide bonds. The van der Waals surface area contributed by atoms with Crippen molar-refractivity contribution in [2.45, 2.75) is 85.5 Å². The van der Waals surface area contributed by atoms with E-state index in [0.717, 1.165) is 19.3 Å². The van der Waals surface area contributed by atoms with Crippen LogP contribution in [-0.2, 0) is 4.79 Å². The molecule has 0 aliphatic carbocycles. The number of nitrogens with zero attached hydrogens (tertiary/aromatic N) is 1. The fourth-order valence-electron chi connectivity index (χ4n) is 3.25. The van der Waals surface area contributed by atoms with Crippen LogP contribution in [0.1, 0.15) is 67.7 Å². The summed E-state index contributed by atoms with van der Waals surface area (Å²) < 4.78 is 0. The van der Waals surface area contributed by atoms with E-state index in [1.54, 1.807) is 0 Å². The predicted molar refractivity (Wildman–Crippen MR) is 80.8 cm³/mol. The molecule has 0 aromatic heterocycles. The number of rotatable bonds is 6. The van der Waals surface area contributed by atoms with Crippen LogP contribution < -0.4 is 5.32 Å². The zero-order chi connectivity index (χ0) is 14.8. The third-order valence-corrected chi connectivity index (χ3v) is 4.98. The molecule has 1 heterocycles. The lowest BCUT2D eigenvalue weighted by atomic mass is 9.92. The molecule has 3 atom stereocenters. The molecular weight excluding hydrogens is 236 g/mol. The lowest BCUT2D eigenvalue weighted by molar-refractivity contribution is -0.136. The van der Waals surface area contributed by atoms with Crippen LogP contribution in [0.2, 0.25) is 0 Å². The quantitative estimate of drug-likeness (QED) is 0.801. The van der Waals surface area contributed by atoms with Gasteiger partial charge >= 0.3 is 0 Å². The molecule has 1 aliphatic rings. The summed E-state index contributed by atoms with van der Waals surface area (Å²) in [5.41, 5.74) is -0.380. The van der Waals surface area contributed by atoms with E-state index >= 15 is 0 Å². The first kappa shape index (κ1) is 16.5. The Morgan fingerprint density at radius 3 is 2.11 bits per heavy atom. The topological polar surface area (TPSA) is 32.3 Å². The number of hydrogen-bond acceptors (Lipinski definition) is 2. The normalized spacial score (nSPS) is 29.6. The van der Waals surface area contributed by atoms with Gasteiger partial charge in [-0.3, -0.25) is 10.1 Å². The average molecular weight is 268 g/mol. The second kappa shape index (κ2) is 6.25. The second-order valence-electron chi connectivity index (χ2n) is 6.55. The molecule has 0 saturated carbocycles. The van der Waals surface area contributed by atoms with Crippen LogP contribution in [-0.4, -0.2) is 28.6 Å². The van der Waals surface area contributed by atoms with E-state index in [1.807, 2.05) is 6.92 Å². The summed E-state index contributed by atoms with van der Waals surface area (Å²) >= 11 is 0. The molecule has 1 saturated heterocycles. The maximum atomic E-state index is 12.8. The molecule has 1 aliphatic heterocycles. The Kier molecular flexibility index (Phi) is 5.43. The van der Waals surface area contributed by atoms with Crippen molar-refractivity contribution in [2.75, 3.05) is 0 Å². The van der Waals surface area contributed by atoms with E-state index < -0.39 is 0 Å². The third kappa shape index (κ3) is 2.96. The number of carbonyl (C=O) groups is 1. The molecule has 0 bridgehead atoms. The number of hydrogen-bond donors (Lipinski definition) is 1. The Hall–Kier alpha value is -0.570. The standard InChI is InChI=1S/C16H32N2O/c1-8-13(9-2)12(6)18-14(11(4)5)17-16(7,10-3)15(18)19/h11-14,17H,8-10H2,1-7H3. The third-order valence-electron chi connectivity index (χ3n) is 4.98. The van der Waals surface area contributed by atoms with Crippen LogP contribution in [0.5, 0.6) is 0 Å². The number of amides is 1. The molecule has 0 spiro atoms. The Balaban J connectivity index is 3.04. The highest BCUT2D eigenvalue weighted by molar-refractivity contribution is 5.88. The van der Waals surface area contributed by atoms with Crippen LogP contribution in [0.15, 0.2) is 0 Å². The van der Waals surface area contributed by atoms with Crippen molar-refractivity contribution in [2.24, 2.45) is 11.8 Å². The van der Waals surface area contributed by atoms with Gasteiger partial charge in [-0.05, 0) is 32.1 Å². The van der Waals surface area contributed by atoms with E-state index in [0.29, 0.717) is 17.9 Å². The first-order valence-corrected chi connectivity index (χ1v) is 7.92. The van der Waals surface area contributed by atoms with Gasteiger partial charge in [0.1, 0.15) is 0 Å². The maximum absolute atomic E-state index is 12.8.